The summed E-state index contributed by atoms with van der Waals surface area (Å²) < 4.78 is 21.0. The number of halogens is 2. The van der Waals surface area contributed by atoms with E-state index < -0.39 is 16.9 Å². The van der Waals surface area contributed by atoms with E-state index in [-0.39, 0.29) is 36.1 Å². The Hall–Kier alpha value is -3.82. The minimum absolute atomic E-state index is 0.0147. The molecule has 238 valence electrons. The van der Waals surface area contributed by atoms with Crippen LogP contribution < -0.4 is 24.4 Å². The van der Waals surface area contributed by atoms with Crippen molar-refractivity contribution in [1.29, 1.82) is 0 Å². The molecule has 1 aliphatic heterocycles. The van der Waals surface area contributed by atoms with Crippen LogP contribution in [0.4, 0.5) is 5.69 Å². The first-order chi connectivity index (χ1) is 22.0. The first-order valence-corrected chi connectivity index (χ1v) is 17.0. The predicted molar refractivity (Wildman–Crippen MR) is 187 cm³/mol. The Morgan fingerprint density at radius 3 is 2.57 bits per heavy atom. The molecular formula is C33H29BrIN3O7S. The van der Waals surface area contributed by atoms with Crippen molar-refractivity contribution >= 4 is 67.6 Å². The maximum absolute atomic E-state index is 14.1. The number of nitro groups is 1. The summed E-state index contributed by atoms with van der Waals surface area (Å²) in [6, 6.07) is 16.5. The number of nitrogens with zero attached hydrogens (tertiary/aromatic N) is 3. The average Bonchev–Trinajstić information content (AvgIpc) is 3.30. The molecule has 0 N–H and O–H groups in total. The molecule has 10 nitrogen and oxygen atoms in total. The number of thiazole rings is 1. The van der Waals surface area contributed by atoms with Crippen LogP contribution in [0.25, 0.3) is 6.08 Å². The average molecular weight is 818 g/mol. The predicted octanol–water partition coefficient (Wildman–Crippen LogP) is 6.44. The van der Waals surface area contributed by atoms with Crippen LogP contribution in [0, 0.1) is 13.7 Å². The van der Waals surface area contributed by atoms with Crippen molar-refractivity contribution in [3.63, 3.8) is 0 Å². The number of ether oxygens (including phenoxy) is 3. The normalized spacial score (nSPS) is 14.6. The number of nitro benzene ring substituents is 1. The molecule has 5 rings (SSSR count). The van der Waals surface area contributed by atoms with Gasteiger partial charge < -0.3 is 14.2 Å². The van der Waals surface area contributed by atoms with Gasteiger partial charge in [-0.3, -0.25) is 19.5 Å². The van der Waals surface area contributed by atoms with E-state index >= 15 is 0 Å². The summed E-state index contributed by atoms with van der Waals surface area (Å²) in [5.74, 6) is 0.635. The fraction of sp³-hybridized carbons (Fsp3) is 0.242. The summed E-state index contributed by atoms with van der Waals surface area (Å²) in [6.07, 6.45) is 1.66. The van der Waals surface area contributed by atoms with Crippen LogP contribution >= 0.6 is 49.9 Å². The van der Waals surface area contributed by atoms with Gasteiger partial charge in [0.2, 0.25) is 0 Å². The highest BCUT2D eigenvalue weighted by Crippen LogP contribution is 2.36. The van der Waals surface area contributed by atoms with Crippen LogP contribution in [0.2, 0.25) is 0 Å². The van der Waals surface area contributed by atoms with Crippen molar-refractivity contribution in [2.75, 3.05) is 6.61 Å². The van der Waals surface area contributed by atoms with E-state index in [1.165, 1.54) is 23.5 Å². The maximum Gasteiger partial charge on any atom is 0.338 e. The second-order valence-corrected chi connectivity index (χ2v) is 13.6. The molecule has 0 unspecified atom stereocenters. The fourth-order valence-electron chi connectivity index (χ4n) is 4.97. The lowest BCUT2D eigenvalue weighted by atomic mass is 9.95. The number of non-ortho nitro benzene ring substituents is 1. The third-order valence-corrected chi connectivity index (χ3v) is 9.32. The lowest BCUT2D eigenvalue weighted by Crippen LogP contribution is -2.40. The van der Waals surface area contributed by atoms with Gasteiger partial charge in [0.15, 0.2) is 4.80 Å². The number of rotatable bonds is 10. The van der Waals surface area contributed by atoms with Crippen LogP contribution in [0.1, 0.15) is 50.4 Å². The Morgan fingerprint density at radius 1 is 1.20 bits per heavy atom. The SMILES string of the molecule is CCOC(=O)C1=C(C)N=c2s/c(=C/c3cc(Br)c(OCc4ccc([N+](=O)[O-])cc4)c(I)c3)c(=O)n2[C@@H]1c1ccccc1OC(C)C. The summed E-state index contributed by atoms with van der Waals surface area (Å²) in [7, 11) is 0. The van der Waals surface area contributed by atoms with Crippen LogP contribution in [0.3, 0.4) is 0 Å². The highest BCUT2D eigenvalue weighted by atomic mass is 127. The Kier molecular flexibility index (Phi) is 10.4. The zero-order valence-electron chi connectivity index (χ0n) is 25.3. The van der Waals surface area contributed by atoms with Gasteiger partial charge in [-0.2, -0.15) is 0 Å². The number of fused-ring (bicyclic) bond motifs is 1. The summed E-state index contributed by atoms with van der Waals surface area (Å²) in [5.41, 5.74) is 2.67. The number of benzene rings is 3. The molecule has 4 aromatic rings. The second kappa shape index (κ2) is 14.3. The number of carbonyl (C=O) groups is 1. The molecule has 0 saturated heterocycles. The highest BCUT2D eigenvalue weighted by Gasteiger charge is 2.35. The minimum atomic E-state index is -0.797. The molecule has 2 heterocycles. The van der Waals surface area contributed by atoms with Gasteiger partial charge in [0.1, 0.15) is 24.1 Å². The smallest absolute Gasteiger partial charge is 0.338 e. The molecule has 3 aromatic carbocycles. The van der Waals surface area contributed by atoms with Gasteiger partial charge in [0.25, 0.3) is 11.2 Å². The van der Waals surface area contributed by atoms with E-state index in [2.05, 4.69) is 43.5 Å². The largest absolute Gasteiger partial charge is 0.491 e. The number of esters is 1. The Balaban J connectivity index is 1.54. The fourth-order valence-corrected chi connectivity index (χ4v) is 7.79. The van der Waals surface area contributed by atoms with E-state index in [0.29, 0.717) is 36.6 Å². The highest BCUT2D eigenvalue weighted by molar-refractivity contribution is 14.1. The molecule has 0 fully saturated rings. The van der Waals surface area contributed by atoms with E-state index in [0.717, 1.165) is 14.7 Å². The van der Waals surface area contributed by atoms with Gasteiger partial charge in [-0.05, 0) is 114 Å². The summed E-state index contributed by atoms with van der Waals surface area (Å²) in [4.78, 5) is 43.0. The van der Waals surface area contributed by atoms with Gasteiger partial charge in [-0.25, -0.2) is 9.79 Å². The van der Waals surface area contributed by atoms with Gasteiger partial charge in [0, 0.05) is 17.7 Å². The van der Waals surface area contributed by atoms with Gasteiger partial charge in [-0.15, -0.1) is 0 Å². The Labute approximate surface area is 290 Å². The zero-order chi connectivity index (χ0) is 33.1. The topological polar surface area (TPSA) is 122 Å². The molecule has 0 radical (unpaired) electrons. The van der Waals surface area contributed by atoms with Gasteiger partial charge in [0.05, 0.1) is 41.5 Å². The summed E-state index contributed by atoms with van der Waals surface area (Å²) >= 11 is 7.00. The van der Waals surface area contributed by atoms with Crippen molar-refractivity contribution in [2.45, 2.75) is 46.4 Å². The van der Waals surface area contributed by atoms with Gasteiger partial charge in [-0.1, -0.05) is 29.5 Å². The third-order valence-electron chi connectivity index (χ3n) is 6.94. The standard InChI is InChI=1S/C33H29BrIN3O7S/c1-5-43-32(40)28-19(4)36-33-37(29(28)23-8-6-7-9-26(23)45-18(2)3)31(39)27(46-33)16-21-14-24(34)30(25(35)15-21)44-17-20-10-12-22(13-11-20)38(41)42/h6-16,18,29H,5,17H2,1-4H3/b27-16+/t29-/m1/s1. The van der Waals surface area contributed by atoms with Crippen molar-refractivity contribution in [2.24, 2.45) is 4.99 Å². The minimum Gasteiger partial charge on any atom is -0.491 e. The first kappa shape index (κ1) is 33.5. The number of allylic oxidation sites excluding steroid dienone is 1. The van der Waals surface area contributed by atoms with Crippen LogP contribution in [0.15, 0.2) is 86.2 Å². The van der Waals surface area contributed by atoms with Crippen molar-refractivity contribution in [3.05, 3.63) is 126 Å². The monoisotopic (exact) mass is 817 g/mol. The molecule has 0 spiro atoms. The van der Waals surface area contributed by atoms with E-state index in [4.69, 9.17) is 14.2 Å². The first-order valence-electron chi connectivity index (χ1n) is 14.3. The molecule has 1 aromatic heterocycles. The van der Waals surface area contributed by atoms with E-state index in [9.17, 15) is 19.7 Å². The third kappa shape index (κ3) is 7.10. The van der Waals surface area contributed by atoms with Crippen molar-refractivity contribution in [3.8, 4) is 11.5 Å². The number of carbonyl (C=O) groups excluding carboxylic acids is 1. The van der Waals surface area contributed by atoms with E-state index in [1.54, 1.807) is 36.6 Å². The van der Waals surface area contributed by atoms with Crippen LogP contribution in [-0.2, 0) is 16.1 Å². The molecule has 0 bridgehead atoms. The van der Waals surface area contributed by atoms with Crippen molar-refractivity contribution in [1.82, 2.24) is 4.57 Å². The molecule has 46 heavy (non-hydrogen) atoms. The Bertz CT molecular complexity index is 2010. The lowest BCUT2D eigenvalue weighted by Gasteiger charge is -2.26. The lowest BCUT2D eigenvalue weighted by molar-refractivity contribution is -0.384. The molecule has 1 atom stereocenters. The van der Waals surface area contributed by atoms with E-state index in [1.807, 2.05) is 50.2 Å². The maximum atomic E-state index is 14.1. The van der Waals surface area contributed by atoms with Crippen LogP contribution in [0.5, 0.6) is 11.5 Å². The number of aromatic nitrogens is 1. The molecule has 0 saturated carbocycles. The molecule has 0 aliphatic carbocycles. The number of para-hydroxylation sites is 1. The Morgan fingerprint density at radius 2 is 1.91 bits per heavy atom. The van der Waals surface area contributed by atoms with Crippen molar-refractivity contribution < 1.29 is 23.9 Å². The number of hydrogen-bond donors (Lipinski definition) is 0. The molecular weight excluding hydrogens is 789 g/mol. The summed E-state index contributed by atoms with van der Waals surface area (Å²) in [6.45, 7) is 7.71. The van der Waals surface area contributed by atoms with Crippen LogP contribution in [-0.4, -0.2) is 28.2 Å². The zero-order valence-corrected chi connectivity index (χ0v) is 29.8. The number of hydrogen-bond acceptors (Lipinski definition) is 9. The second-order valence-electron chi connectivity index (χ2n) is 10.5. The molecule has 13 heteroatoms. The molecule has 1 aliphatic rings. The summed E-state index contributed by atoms with van der Waals surface area (Å²) in [5, 5.41) is 10.9. The molecule has 0 amide bonds. The quantitative estimate of drug-likeness (QED) is 0.0782. The van der Waals surface area contributed by atoms with Gasteiger partial charge >= 0.3 is 5.97 Å².